The minimum Gasteiger partial charge on any atom is -0.548 e. The first kappa shape index (κ1) is 21.7. The maximum Gasteiger partial charge on any atom is 0.411 e. The lowest BCUT2D eigenvalue weighted by Crippen LogP contribution is -2.57. The average molecular weight is 389 g/mol. The Balaban J connectivity index is 2.27. The number of hydrogen-bond acceptors (Lipinski definition) is 5. The van der Waals surface area contributed by atoms with Crippen LogP contribution in [0.1, 0.15) is 52.2 Å². The van der Waals surface area contributed by atoms with Crippen LogP contribution in [0.2, 0.25) is 0 Å². The summed E-state index contributed by atoms with van der Waals surface area (Å²) in [6.07, 6.45) is -0.0528. The van der Waals surface area contributed by atoms with Crippen molar-refractivity contribution in [3.63, 3.8) is 0 Å². The van der Waals surface area contributed by atoms with E-state index in [2.05, 4.69) is 5.32 Å². The summed E-state index contributed by atoms with van der Waals surface area (Å²) in [7, 11) is 0. The molecule has 0 saturated heterocycles. The first-order chi connectivity index (χ1) is 13.0. The zero-order valence-electron chi connectivity index (χ0n) is 17.2. The van der Waals surface area contributed by atoms with Gasteiger partial charge in [0.05, 0.1) is 18.6 Å². The molecule has 154 valence electrons. The van der Waals surface area contributed by atoms with E-state index in [9.17, 15) is 19.5 Å². The predicted molar refractivity (Wildman–Crippen MR) is 102 cm³/mol. The van der Waals surface area contributed by atoms with Crippen LogP contribution in [0.25, 0.3) is 0 Å². The van der Waals surface area contributed by atoms with Crippen LogP contribution in [0.15, 0.2) is 24.3 Å². The van der Waals surface area contributed by atoms with Crippen molar-refractivity contribution in [3.05, 3.63) is 35.4 Å². The highest BCUT2D eigenvalue weighted by molar-refractivity contribution is 5.89. The molecule has 0 bridgehead atoms. The highest BCUT2D eigenvalue weighted by atomic mass is 16.6. The number of carbonyl (C=O) groups excluding carboxylic acids is 3. The number of carboxylic acids is 1. The van der Waals surface area contributed by atoms with Gasteiger partial charge >= 0.3 is 6.09 Å². The Bertz CT molecular complexity index is 739. The number of carboxylic acid groups (broad SMARTS) is 1. The van der Waals surface area contributed by atoms with Gasteiger partial charge in [-0.3, -0.25) is 9.69 Å². The molecular formula is C21H29N2O5-. The van der Waals surface area contributed by atoms with E-state index in [0.29, 0.717) is 6.42 Å². The second kappa shape index (κ2) is 8.63. The van der Waals surface area contributed by atoms with Crippen LogP contribution in [0.4, 0.5) is 4.79 Å². The summed E-state index contributed by atoms with van der Waals surface area (Å²) >= 11 is 0. The molecule has 1 aliphatic rings. The second-order valence-electron chi connectivity index (χ2n) is 8.61. The van der Waals surface area contributed by atoms with Crippen molar-refractivity contribution in [1.82, 2.24) is 10.2 Å². The monoisotopic (exact) mass is 389 g/mol. The van der Waals surface area contributed by atoms with Gasteiger partial charge in [-0.1, -0.05) is 38.1 Å². The Hall–Kier alpha value is -2.57. The van der Waals surface area contributed by atoms with E-state index in [0.717, 1.165) is 11.1 Å². The zero-order valence-corrected chi connectivity index (χ0v) is 17.2. The number of benzene rings is 1. The fourth-order valence-corrected chi connectivity index (χ4v) is 3.22. The lowest BCUT2D eigenvalue weighted by molar-refractivity contribution is -0.308. The molecule has 0 saturated carbocycles. The van der Waals surface area contributed by atoms with Gasteiger partial charge in [0.25, 0.3) is 0 Å². The summed E-state index contributed by atoms with van der Waals surface area (Å²) in [5.74, 6) is -1.78. The SMILES string of the molecule is CC(C)C[C@@H](NC(=O)[C@@H]1Cc2ccccc2CN1C(=O)OC(C)(C)C)C(=O)[O-]. The van der Waals surface area contributed by atoms with Crippen molar-refractivity contribution in [2.75, 3.05) is 0 Å². The number of carbonyl (C=O) groups is 3. The Morgan fingerprint density at radius 1 is 1.21 bits per heavy atom. The van der Waals surface area contributed by atoms with Crippen LogP contribution >= 0.6 is 0 Å². The standard InChI is InChI=1S/C21H30N2O5/c1-13(2)10-16(19(25)26)22-18(24)17-11-14-8-6-7-9-15(14)12-23(17)20(27)28-21(3,4)5/h6-9,13,16-17H,10-12H2,1-5H3,(H,22,24)(H,25,26)/p-1/t16-,17+/m1/s1. The summed E-state index contributed by atoms with van der Waals surface area (Å²) in [4.78, 5) is 38.5. The van der Waals surface area contributed by atoms with Gasteiger partial charge in [-0.15, -0.1) is 0 Å². The summed E-state index contributed by atoms with van der Waals surface area (Å²) < 4.78 is 5.47. The highest BCUT2D eigenvalue weighted by Crippen LogP contribution is 2.25. The van der Waals surface area contributed by atoms with Crippen LogP contribution in [0, 0.1) is 5.92 Å². The number of nitrogens with one attached hydrogen (secondary N) is 1. The molecule has 0 aliphatic carbocycles. The van der Waals surface area contributed by atoms with Crippen LogP contribution in [-0.4, -0.2) is 40.6 Å². The predicted octanol–water partition coefficient (Wildman–Crippen LogP) is 1.63. The molecule has 1 N–H and O–H groups in total. The zero-order chi connectivity index (χ0) is 21.1. The van der Waals surface area contributed by atoms with Gasteiger partial charge in [0.1, 0.15) is 11.6 Å². The molecule has 2 atom stereocenters. The van der Waals surface area contributed by atoms with Gasteiger partial charge in [0.15, 0.2) is 0 Å². The van der Waals surface area contributed by atoms with E-state index in [4.69, 9.17) is 4.74 Å². The summed E-state index contributed by atoms with van der Waals surface area (Å²) in [5.41, 5.74) is 1.19. The van der Waals surface area contributed by atoms with Crippen molar-refractivity contribution < 1.29 is 24.2 Å². The molecular weight excluding hydrogens is 360 g/mol. The minimum atomic E-state index is -1.33. The van der Waals surface area contributed by atoms with Gasteiger partial charge in [-0.2, -0.15) is 0 Å². The van der Waals surface area contributed by atoms with Gasteiger partial charge in [-0.05, 0) is 44.2 Å². The molecule has 1 aromatic rings. The average Bonchev–Trinajstić information content (AvgIpc) is 2.57. The number of nitrogens with zero attached hydrogens (tertiary/aromatic N) is 1. The molecule has 7 heteroatoms. The quantitative estimate of drug-likeness (QED) is 0.825. The van der Waals surface area contributed by atoms with Crippen molar-refractivity contribution in [2.45, 2.75) is 71.7 Å². The fourth-order valence-electron chi connectivity index (χ4n) is 3.22. The number of fused-ring (bicyclic) bond motifs is 1. The maximum atomic E-state index is 12.9. The Morgan fingerprint density at radius 3 is 2.36 bits per heavy atom. The van der Waals surface area contributed by atoms with E-state index in [1.54, 1.807) is 20.8 Å². The van der Waals surface area contributed by atoms with Crippen molar-refractivity contribution in [1.29, 1.82) is 0 Å². The Morgan fingerprint density at radius 2 is 1.82 bits per heavy atom. The third kappa shape index (κ3) is 5.71. The largest absolute Gasteiger partial charge is 0.548 e. The molecule has 0 fully saturated rings. The summed E-state index contributed by atoms with van der Waals surface area (Å²) in [6, 6.07) is 5.61. The van der Waals surface area contributed by atoms with Gasteiger partial charge < -0.3 is 20.0 Å². The van der Waals surface area contributed by atoms with Crippen molar-refractivity contribution in [3.8, 4) is 0 Å². The smallest absolute Gasteiger partial charge is 0.411 e. The third-order valence-corrected chi connectivity index (χ3v) is 4.49. The first-order valence-corrected chi connectivity index (χ1v) is 9.55. The normalized spacial score (nSPS) is 17.6. The topological polar surface area (TPSA) is 98.8 Å². The molecule has 0 spiro atoms. The van der Waals surface area contributed by atoms with Gasteiger partial charge in [0, 0.05) is 6.42 Å². The molecule has 2 amide bonds. The molecule has 1 heterocycles. The number of hydrogen-bond donors (Lipinski definition) is 1. The lowest BCUT2D eigenvalue weighted by atomic mass is 9.93. The van der Waals surface area contributed by atoms with E-state index in [1.807, 2.05) is 38.1 Å². The minimum absolute atomic E-state index is 0.0669. The van der Waals surface area contributed by atoms with Crippen LogP contribution < -0.4 is 10.4 Å². The van der Waals surface area contributed by atoms with Crippen LogP contribution in [0.5, 0.6) is 0 Å². The van der Waals surface area contributed by atoms with E-state index in [1.165, 1.54) is 4.90 Å². The number of ether oxygens (including phenoxy) is 1. The molecule has 0 aromatic heterocycles. The van der Waals surface area contributed by atoms with Crippen molar-refractivity contribution in [2.24, 2.45) is 5.92 Å². The summed E-state index contributed by atoms with van der Waals surface area (Å²) in [6.45, 7) is 9.23. The molecule has 0 unspecified atom stereocenters. The maximum absolute atomic E-state index is 12.9. The van der Waals surface area contributed by atoms with Gasteiger partial charge in [0.2, 0.25) is 5.91 Å². The fraction of sp³-hybridized carbons (Fsp3) is 0.571. The molecule has 28 heavy (non-hydrogen) atoms. The second-order valence-corrected chi connectivity index (χ2v) is 8.61. The highest BCUT2D eigenvalue weighted by Gasteiger charge is 2.37. The Labute approximate surface area is 166 Å². The molecule has 1 aliphatic heterocycles. The molecule has 2 rings (SSSR count). The van der Waals surface area contributed by atoms with E-state index < -0.39 is 35.7 Å². The lowest BCUT2D eigenvalue weighted by Gasteiger charge is -2.37. The first-order valence-electron chi connectivity index (χ1n) is 9.55. The van der Waals surface area contributed by atoms with Crippen LogP contribution in [0.3, 0.4) is 0 Å². The number of rotatable bonds is 5. The van der Waals surface area contributed by atoms with E-state index >= 15 is 0 Å². The number of aliphatic carboxylic acids is 1. The Kier molecular flexibility index (Phi) is 6.69. The third-order valence-electron chi connectivity index (χ3n) is 4.49. The van der Waals surface area contributed by atoms with Gasteiger partial charge in [-0.25, -0.2) is 4.79 Å². The molecule has 0 radical (unpaired) electrons. The van der Waals surface area contributed by atoms with Crippen LogP contribution in [-0.2, 0) is 27.3 Å². The number of amides is 2. The van der Waals surface area contributed by atoms with Crippen molar-refractivity contribution >= 4 is 18.0 Å². The molecule has 7 nitrogen and oxygen atoms in total. The molecule has 1 aromatic carbocycles. The van der Waals surface area contributed by atoms with E-state index in [-0.39, 0.29) is 18.9 Å². The summed E-state index contributed by atoms with van der Waals surface area (Å²) in [5, 5.41) is 14.0.